The molecule has 0 fully saturated rings. The highest BCUT2D eigenvalue weighted by Gasteiger charge is 2.37. The summed E-state index contributed by atoms with van der Waals surface area (Å²) in [6.45, 7) is 4.13. The molecule has 0 radical (unpaired) electrons. The van der Waals surface area contributed by atoms with Crippen LogP contribution in [0.15, 0.2) is 52.1 Å². The Morgan fingerprint density at radius 1 is 1.07 bits per heavy atom. The molecule has 2 aliphatic heterocycles. The van der Waals surface area contributed by atoms with Gasteiger partial charge in [0.1, 0.15) is 23.3 Å². The van der Waals surface area contributed by atoms with Crippen molar-refractivity contribution >= 4 is 17.7 Å². The molecule has 0 bridgehead atoms. The zero-order valence-corrected chi connectivity index (χ0v) is 16.6. The molecule has 0 atom stereocenters. The van der Waals surface area contributed by atoms with E-state index in [9.17, 15) is 4.79 Å². The zero-order chi connectivity index (χ0) is 20.0. The molecular weight excluding hydrogens is 364 g/mol. The van der Waals surface area contributed by atoms with Crippen LogP contribution >= 0.6 is 0 Å². The van der Waals surface area contributed by atoms with E-state index in [1.807, 2.05) is 36.5 Å². The van der Waals surface area contributed by atoms with Crippen molar-refractivity contribution in [3.8, 4) is 28.5 Å². The number of hydrogen-bond acceptors (Lipinski definition) is 5. The molecule has 0 unspecified atom stereocenters. The highest BCUT2D eigenvalue weighted by atomic mass is 16.5. The molecule has 0 amide bonds. The monoisotopic (exact) mass is 386 g/mol. The number of oxazole rings is 1. The van der Waals surface area contributed by atoms with E-state index in [4.69, 9.17) is 9.15 Å². The molecule has 5 nitrogen and oxygen atoms in total. The molecule has 0 N–H and O–H groups in total. The molecule has 1 aromatic heterocycles. The molecule has 5 rings (SSSR count). The minimum absolute atomic E-state index is 0.111. The summed E-state index contributed by atoms with van der Waals surface area (Å²) in [6.07, 6.45) is 6.47. The van der Waals surface area contributed by atoms with Gasteiger partial charge in [-0.1, -0.05) is 26.0 Å². The number of ketones is 1. The average molecular weight is 386 g/mol. The third-order valence-corrected chi connectivity index (χ3v) is 6.05. The van der Waals surface area contributed by atoms with Crippen LogP contribution in [0.4, 0.5) is 5.69 Å². The van der Waals surface area contributed by atoms with Gasteiger partial charge in [-0.25, -0.2) is 4.98 Å². The van der Waals surface area contributed by atoms with E-state index in [1.54, 1.807) is 6.26 Å². The summed E-state index contributed by atoms with van der Waals surface area (Å²) in [7, 11) is 0. The second-order valence-electron chi connectivity index (χ2n) is 7.70. The molecule has 0 saturated carbocycles. The van der Waals surface area contributed by atoms with Crippen LogP contribution in [0.3, 0.4) is 0 Å². The number of aliphatic imine (C=N–C) groups is 1. The average Bonchev–Trinajstić information content (AvgIpc) is 3.42. The first-order valence-electron chi connectivity index (χ1n) is 10.1. The SMILES string of the molecule is CCC1(CC)CC(=O)c2cc(-c3nc(-c4ccc5c(c4)N=CC5)co3)ccc2O1. The summed E-state index contributed by atoms with van der Waals surface area (Å²) in [6, 6.07) is 11.7. The van der Waals surface area contributed by atoms with E-state index >= 15 is 0 Å². The minimum atomic E-state index is -0.391. The van der Waals surface area contributed by atoms with Crippen LogP contribution in [0.25, 0.3) is 22.7 Å². The lowest BCUT2D eigenvalue weighted by atomic mass is 9.85. The third-order valence-electron chi connectivity index (χ3n) is 6.05. The standard InChI is InChI=1S/C24H22N2O3/c1-3-24(4-2)13-21(27)18-11-17(7-8-22(18)29-24)23-26-20(14-28-23)16-6-5-15-9-10-25-19(15)12-16/h5-8,10-12,14H,3-4,9,13H2,1-2H3. The van der Waals surface area contributed by atoms with E-state index in [0.717, 1.165) is 41.8 Å². The van der Waals surface area contributed by atoms with Crippen molar-refractivity contribution in [3.05, 3.63) is 53.8 Å². The molecule has 3 heterocycles. The molecule has 0 saturated heterocycles. The minimum Gasteiger partial charge on any atom is -0.486 e. The Morgan fingerprint density at radius 2 is 1.90 bits per heavy atom. The van der Waals surface area contributed by atoms with Gasteiger partial charge < -0.3 is 9.15 Å². The summed E-state index contributed by atoms with van der Waals surface area (Å²) < 4.78 is 11.9. The number of carbonyl (C=O) groups is 1. The van der Waals surface area contributed by atoms with Gasteiger partial charge in [0.05, 0.1) is 17.7 Å². The molecule has 29 heavy (non-hydrogen) atoms. The van der Waals surface area contributed by atoms with Gasteiger partial charge in [0.15, 0.2) is 5.78 Å². The molecule has 2 aliphatic rings. The molecule has 3 aromatic rings. The van der Waals surface area contributed by atoms with Gasteiger partial charge in [-0.3, -0.25) is 9.79 Å². The summed E-state index contributed by atoms with van der Waals surface area (Å²) in [4.78, 5) is 21.8. The number of nitrogens with zero attached hydrogens (tertiary/aromatic N) is 2. The fraction of sp³-hybridized carbons (Fsp3) is 0.292. The first-order chi connectivity index (χ1) is 14.1. The van der Waals surface area contributed by atoms with Crippen molar-refractivity contribution in [2.24, 2.45) is 4.99 Å². The Labute approximate surface area is 169 Å². The number of fused-ring (bicyclic) bond motifs is 2. The summed E-state index contributed by atoms with van der Waals surface area (Å²) in [5.41, 5.74) is 4.91. The second kappa shape index (κ2) is 6.69. The van der Waals surface area contributed by atoms with Crippen LogP contribution in [0, 0.1) is 0 Å². The van der Waals surface area contributed by atoms with Crippen molar-refractivity contribution in [1.82, 2.24) is 4.98 Å². The van der Waals surface area contributed by atoms with E-state index < -0.39 is 5.60 Å². The maximum Gasteiger partial charge on any atom is 0.226 e. The fourth-order valence-electron chi connectivity index (χ4n) is 4.07. The Kier molecular flexibility index (Phi) is 4.12. The lowest BCUT2D eigenvalue weighted by molar-refractivity contribution is 0.0350. The maximum absolute atomic E-state index is 12.8. The molecule has 5 heteroatoms. The largest absolute Gasteiger partial charge is 0.486 e. The predicted octanol–water partition coefficient (Wildman–Crippen LogP) is 5.79. The van der Waals surface area contributed by atoms with E-state index in [2.05, 4.69) is 29.9 Å². The van der Waals surface area contributed by atoms with Crippen molar-refractivity contribution in [2.75, 3.05) is 0 Å². The van der Waals surface area contributed by atoms with Crippen LogP contribution in [-0.2, 0) is 6.42 Å². The van der Waals surface area contributed by atoms with Gasteiger partial charge >= 0.3 is 0 Å². The van der Waals surface area contributed by atoms with Gasteiger partial charge in [0.2, 0.25) is 5.89 Å². The number of aromatic nitrogens is 1. The zero-order valence-electron chi connectivity index (χ0n) is 16.6. The maximum atomic E-state index is 12.8. The number of ether oxygens (including phenoxy) is 1. The molecule has 0 spiro atoms. The van der Waals surface area contributed by atoms with Crippen LogP contribution < -0.4 is 4.74 Å². The van der Waals surface area contributed by atoms with Gasteiger partial charge in [0.25, 0.3) is 0 Å². The number of carbonyl (C=O) groups excluding carboxylic acids is 1. The number of benzene rings is 2. The van der Waals surface area contributed by atoms with Crippen LogP contribution in [0.2, 0.25) is 0 Å². The first-order valence-corrected chi connectivity index (χ1v) is 10.1. The van der Waals surface area contributed by atoms with Crippen molar-refractivity contribution in [2.45, 2.75) is 45.1 Å². The third kappa shape index (κ3) is 2.97. The van der Waals surface area contributed by atoms with Crippen molar-refractivity contribution < 1.29 is 13.9 Å². The van der Waals surface area contributed by atoms with E-state index in [-0.39, 0.29) is 5.78 Å². The van der Waals surface area contributed by atoms with Crippen LogP contribution in [0.5, 0.6) is 5.75 Å². The van der Waals surface area contributed by atoms with Crippen molar-refractivity contribution in [1.29, 1.82) is 0 Å². The number of rotatable bonds is 4. The highest BCUT2D eigenvalue weighted by Crippen LogP contribution is 2.39. The Balaban J connectivity index is 1.47. The van der Waals surface area contributed by atoms with E-state index in [0.29, 0.717) is 23.6 Å². The van der Waals surface area contributed by atoms with Crippen LogP contribution in [-0.4, -0.2) is 22.6 Å². The van der Waals surface area contributed by atoms with Gasteiger partial charge in [-0.2, -0.15) is 0 Å². The lowest BCUT2D eigenvalue weighted by Crippen LogP contribution is -2.40. The van der Waals surface area contributed by atoms with Gasteiger partial charge in [0, 0.05) is 23.8 Å². The summed E-state index contributed by atoms with van der Waals surface area (Å²) >= 11 is 0. The molecule has 2 aromatic carbocycles. The smallest absolute Gasteiger partial charge is 0.226 e. The van der Waals surface area contributed by atoms with Gasteiger partial charge in [-0.05, 0) is 42.7 Å². The topological polar surface area (TPSA) is 64.7 Å². The molecule has 146 valence electrons. The number of Topliss-reactive ketones (excluding diaryl/α,β-unsaturated/α-hetero) is 1. The summed E-state index contributed by atoms with van der Waals surface area (Å²) in [5, 5.41) is 0. The molecule has 0 aliphatic carbocycles. The Bertz CT molecular complexity index is 1140. The summed E-state index contributed by atoms with van der Waals surface area (Å²) in [5.74, 6) is 1.25. The predicted molar refractivity (Wildman–Crippen MR) is 112 cm³/mol. The van der Waals surface area contributed by atoms with Crippen LogP contribution in [0.1, 0.15) is 49.0 Å². The second-order valence-corrected chi connectivity index (χ2v) is 7.70. The highest BCUT2D eigenvalue weighted by molar-refractivity contribution is 6.01. The quantitative estimate of drug-likeness (QED) is 0.569. The first kappa shape index (κ1) is 17.9. The fourth-order valence-corrected chi connectivity index (χ4v) is 4.07. The Hall–Kier alpha value is -3.21. The Morgan fingerprint density at radius 3 is 2.72 bits per heavy atom. The number of hydrogen-bond donors (Lipinski definition) is 0. The molecular formula is C24H22N2O3. The normalized spacial score (nSPS) is 16.4. The van der Waals surface area contributed by atoms with E-state index in [1.165, 1.54) is 5.56 Å². The lowest BCUT2D eigenvalue weighted by Gasteiger charge is -2.36. The van der Waals surface area contributed by atoms with Crippen molar-refractivity contribution in [3.63, 3.8) is 0 Å². The van der Waals surface area contributed by atoms with Gasteiger partial charge in [-0.15, -0.1) is 0 Å².